The summed E-state index contributed by atoms with van der Waals surface area (Å²) in [5.74, 6) is -3.02. The number of amides is 1. The fourth-order valence-electron chi connectivity index (χ4n) is 1.78. The molecule has 1 atom stereocenters. The Morgan fingerprint density at radius 3 is 2.57 bits per heavy atom. The number of rotatable bonds is 8. The first-order valence-electron chi connectivity index (χ1n) is 6.55. The van der Waals surface area contributed by atoms with E-state index < -0.39 is 17.9 Å². The number of aromatic nitrogens is 1. The minimum atomic E-state index is -1.00. The van der Waals surface area contributed by atoms with Gasteiger partial charge in [0.2, 0.25) is 0 Å². The number of nitrogens with zero attached hydrogens (tertiary/aromatic N) is 2. The molecule has 1 rings (SSSR count). The molecule has 0 aromatic carbocycles. The van der Waals surface area contributed by atoms with Crippen molar-refractivity contribution in [2.24, 2.45) is 5.92 Å². The van der Waals surface area contributed by atoms with E-state index in [1.807, 2.05) is 0 Å². The predicted octanol–water partition coefficient (Wildman–Crippen LogP) is 1.11. The van der Waals surface area contributed by atoms with Gasteiger partial charge in [-0.25, -0.2) is 0 Å². The van der Waals surface area contributed by atoms with Gasteiger partial charge in [-0.3, -0.25) is 19.4 Å². The SMILES string of the molecule is CC(CN(CCCC(=O)O)C(=O)c1cccnc1)C(=O)O. The summed E-state index contributed by atoms with van der Waals surface area (Å²) in [6.07, 6.45) is 3.13. The van der Waals surface area contributed by atoms with Crippen molar-refractivity contribution in [3.05, 3.63) is 30.1 Å². The van der Waals surface area contributed by atoms with E-state index >= 15 is 0 Å². The Labute approximate surface area is 122 Å². The van der Waals surface area contributed by atoms with Gasteiger partial charge in [-0.15, -0.1) is 0 Å². The molecule has 0 fully saturated rings. The molecule has 114 valence electrons. The van der Waals surface area contributed by atoms with Gasteiger partial charge >= 0.3 is 11.9 Å². The predicted molar refractivity (Wildman–Crippen MR) is 73.8 cm³/mol. The van der Waals surface area contributed by atoms with Crippen LogP contribution in [0.5, 0.6) is 0 Å². The number of aliphatic carboxylic acids is 2. The Bertz CT molecular complexity index is 503. The minimum absolute atomic E-state index is 0.0304. The average Bonchev–Trinajstić information content (AvgIpc) is 2.45. The molecule has 0 spiro atoms. The molecule has 0 saturated heterocycles. The first kappa shape index (κ1) is 16.6. The van der Waals surface area contributed by atoms with Gasteiger partial charge in [-0.2, -0.15) is 0 Å². The van der Waals surface area contributed by atoms with E-state index in [4.69, 9.17) is 10.2 Å². The van der Waals surface area contributed by atoms with Gasteiger partial charge < -0.3 is 15.1 Å². The lowest BCUT2D eigenvalue weighted by molar-refractivity contribution is -0.142. The van der Waals surface area contributed by atoms with Gasteiger partial charge in [0, 0.05) is 31.9 Å². The van der Waals surface area contributed by atoms with Crippen molar-refractivity contribution < 1.29 is 24.6 Å². The van der Waals surface area contributed by atoms with Gasteiger partial charge in [0.05, 0.1) is 11.5 Å². The van der Waals surface area contributed by atoms with Crippen LogP contribution in [0.4, 0.5) is 0 Å². The molecule has 0 aliphatic heterocycles. The molecular weight excluding hydrogens is 276 g/mol. The van der Waals surface area contributed by atoms with Crippen molar-refractivity contribution in [2.75, 3.05) is 13.1 Å². The smallest absolute Gasteiger partial charge is 0.308 e. The maximum absolute atomic E-state index is 12.3. The van der Waals surface area contributed by atoms with Crippen LogP contribution in [-0.2, 0) is 9.59 Å². The molecule has 7 heteroatoms. The molecule has 1 heterocycles. The van der Waals surface area contributed by atoms with Crippen molar-refractivity contribution in [3.63, 3.8) is 0 Å². The molecule has 0 saturated carbocycles. The van der Waals surface area contributed by atoms with Gasteiger partial charge in [0.25, 0.3) is 5.91 Å². The zero-order valence-electron chi connectivity index (χ0n) is 11.7. The highest BCUT2D eigenvalue weighted by atomic mass is 16.4. The van der Waals surface area contributed by atoms with Crippen LogP contribution in [0.1, 0.15) is 30.1 Å². The summed E-state index contributed by atoms with van der Waals surface area (Å²) in [4.78, 5) is 39.0. The van der Waals surface area contributed by atoms with Crippen molar-refractivity contribution >= 4 is 17.8 Å². The summed E-state index contributed by atoms with van der Waals surface area (Å²) in [5.41, 5.74) is 0.352. The number of hydrogen-bond acceptors (Lipinski definition) is 4. The number of hydrogen-bond donors (Lipinski definition) is 2. The van der Waals surface area contributed by atoms with E-state index in [1.54, 1.807) is 12.1 Å². The molecule has 1 amide bonds. The Balaban J connectivity index is 2.77. The number of carboxylic acid groups (broad SMARTS) is 2. The molecular formula is C14H18N2O5. The first-order chi connectivity index (χ1) is 9.91. The van der Waals surface area contributed by atoms with Gasteiger partial charge in [-0.1, -0.05) is 6.92 Å². The fourth-order valence-corrected chi connectivity index (χ4v) is 1.78. The topological polar surface area (TPSA) is 108 Å². The lowest BCUT2D eigenvalue weighted by Crippen LogP contribution is -2.37. The molecule has 7 nitrogen and oxygen atoms in total. The van der Waals surface area contributed by atoms with Crippen LogP contribution in [-0.4, -0.2) is 51.0 Å². The zero-order chi connectivity index (χ0) is 15.8. The monoisotopic (exact) mass is 294 g/mol. The molecule has 0 aliphatic carbocycles. The van der Waals surface area contributed by atoms with Crippen LogP contribution in [0, 0.1) is 5.92 Å². The Morgan fingerprint density at radius 2 is 2.05 bits per heavy atom. The number of carboxylic acids is 2. The Morgan fingerprint density at radius 1 is 1.33 bits per heavy atom. The van der Waals surface area contributed by atoms with Crippen LogP contribution in [0.3, 0.4) is 0 Å². The van der Waals surface area contributed by atoms with E-state index in [-0.39, 0.29) is 31.8 Å². The Hall–Kier alpha value is -2.44. The maximum Gasteiger partial charge on any atom is 0.308 e. The second-order valence-corrected chi connectivity index (χ2v) is 4.73. The highest BCUT2D eigenvalue weighted by Gasteiger charge is 2.21. The van der Waals surface area contributed by atoms with Crippen molar-refractivity contribution in [2.45, 2.75) is 19.8 Å². The summed E-state index contributed by atoms with van der Waals surface area (Å²) in [7, 11) is 0. The normalized spacial score (nSPS) is 11.7. The van der Waals surface area contributed by atoms with E-state index in [1.165, 1.54) is 24.2 Å². The molecule has 1 aromatic rings. The van der Waals surface area contributed by atoms with E-state index in [0.29, 0.717) is 5.56 Å². The molecule has 1 aromatic heterocycles. The highest BCUT2D eigenvalue weighted by Crippen LogP contribution is 2.09. The minimum Gasteiger partial charge on any atom is -0.481 e. The quantitative estimate of drug-likeness (QED) is 0.743. The van der Waals surface area contributed by atoms with Gasteiger partial charge in [-0.05, 0) is 18.6 Å². The van der Waals surface area contributed by atoms with Crippen molar-refractivity contribution in [3.8, 4) is 0 Å². The zero-order valence-corrected chi connectivity index (χ0v) is 11.7. The number of carbonyl (C=O) groups is 3. The van der Waals surface area contributed by atoms with Crippen LogP contribution in [0.2, 0.25) is 0 Å². The third kappa shape index (κ3) is 5.60. The lowest BCUT2D eigenvalue weighted by atomic mass is 10.1. The molecule has 2 N–H and O–H groups in total. The first-order valence-corrected chi connectivity index (χ1v) is 6.55. The highest BCUT2D eigenvalue weighted by molar-refractivity contribution is 5.94. The van der Waals surface area contributed by atoms with Gasteiger partial charge in [0.1, 0.15) is 0 Å². The standard InChI is InChI=1S/C14H18N2O5/c1-10(14(20)21)9-16(7-3-5-12(17)18)13(19)11-4-2-6-15-8-11/h2,4,6,8,10H,3,5,7,9H2,1H3,(H,17,18)(H,20,21). The second kappa shape index (κ2) is 7.98. The molecule has 0 radical (unpaired) electrons. The molecule has 21 heavy (non-hydrogen) atoms. The van der Waals surface area contributed by atoms with Crippen molar-refractivity contribution in [1.29, 1.82) is 0 Å². The summed E-state index contributed by atoms with van der Waals surface area (Å²) >= 11 is 0. The van der Waals surface area contributed by atoms with Crippen LogP contribution in [0.15, 0.2) is 24.5 Å². The van der Waals surface area contributed by atoms with Crippen molar-refractivity contribution in [1.82, 2.24) is 9.88 Å². The van der Waals surface area contributed by atoms with E-state index in [2.05, 4.69) is 4.98 Å². The summed E-state index contributed by atoms with van der Waals surface area (Å²) in [6.45, 7) is 1.73. The summed E-state index contributed by atoms with van der Waals surface area (Å²) in [5, 5.41) is 17.6. The van der Waals surface area contributed by atoms with Crippen LogP contribution >= 0.6 is 0 Å². The average molecular weight is 294 g/mol. The summed E-state index contributed by atoms with van der Waals surface area (Å²) in [6, 6.07) is 3.20. The number of carbonyl (C=O) groups excluding carboxylic acids is 1. The number of pyridine rings is 1. The summed E-state index contributed by atoms with van der Waals surface area (Å²) < 4.78 is 0. The Kier molecular flexibility index (Phi) is 6.32. The maximum atomic E-state index is 12.3. The molecule has 0 aliphatic rings. The van der Waals surface area contributed by atoms with E-state index in [9.17, 15) is 14.4 Å². The van der Waals surface area contributed by atoms with Crippen LogP contribution < -0.4 is 0 Å². The molecule has 1 unspecified atom stereocenters. The third-order valence-electron chi connectivity index (χ3n) is 2.93. The second-order valence-electron chi connectivity index (χ2n) is 4.73. The molecule has 0 bridgehead atoms. The fraction of sp³-hybridized carbons (Fsp3) is 0.429. The van der Waals surface area contributed by atoms with Crippen LogP contribution in [0.25, 0.3) is 0 Å². The van der Waals surface area contributed by atoms with E-state index in [0.717, 1.165) is 0 Å². The third-order valence-corrected chi connectivity index (χ3v) is 2.93. The lowest BCUT2D eigenvalue weighted by Gasteiger charge is -2.24. The largest absolute Gasteiger partial charge is 0.481 e. The van der Waals surface area contributed by atoms with Gasteiger partial charge in [0.15, 0.2) is 0 Å².